The van der Waals surface area contributed by atoms with E-state index in [1.54, 1.807) is 6.92 Å². The fourth-order valence-electron chi connectivity index (χ4n) is 4.76. The monoisotopic (exact) mass is 479 g/mol. The van der Waals surface area contributed by atoms with E-state index in [1.807, 2.05) is 16.9 Å². The quantitative estimate of drug-likeness (QED) is 0.356. The minimum atomic E-state index is -0.794. The van der Waals surface area contributed by atoms with Crippen molar-refractivity contribution >= 4 is 11.0 Å². The molecule has 180 valence electrons. The Hall–Kier alpha value is -3.33. The molecule has 2 atom stereocenters. The van der Waals surface area contributed by atoms with Gasteiger partial charge in [-0.3, -0.25) is 4.68 Å². The van der Waals surface area contributed by atoms with Gasteiger partial charge in [0, 0.05) is 41.6 Å². The Morgan fingerprint density at radius 3 is 2.71 bits per heavy atom. The third kappa shape index (κ3) is 4.18. The maximum absolute atomic E-state index is 14.8. The van der Waals surface area contributed by atoms with Crippen molar-refractivity contribution in [2.45, 2.75) is 57.3 Å². The lowest BCUT2D eigenvalue weighted by molar-refractivity contribution is 0.00462. The number of benzene rings is 1. The molecule has 6 rings (SSSR count). The second-order valence-electron chi connectivity index (χ2n) is 9.34. The van der Waals surface area contributed by atoms with Crippen LogP contribution in [0.25, 0.3) is 22.3 Å². The van der Waals surface area contributed by atoms with Crippen LogP contribution in [0.2, 0.25) is 0 Å². The van der Waals surface area contributed by atoms with Crippen LogP contribution in [-0.4, -0.2) is 31.3 Å². The number of nitrogens with zero attached hydrogens (tertiary/aromatic N) is 5. The molecule has 0 spiro atoms. The van der Waals surface area contributed by atoms with Gasteiger partial charge in [0.1, 0.15) is 29.5 Å². The average molecular weight is 480 g/mol. The molecule has 1 saturated heterocycles. The molecule has 2 fully saturated rings. The predicted octanol–water partition coefficient (Wildman–Crippen LogP) is 5.91. The Labute approximate surface area is 200 Å². The summed E-state index contributed by atoms with van der Waals surface area (Å²) in [7, 11) is 0. The summed E-state index contributed by atoms with van der Waals surface area (Å²) in [6, 6.07) is 5.68. The van der Waals surface area contributed by atoms with E-state index < -0.39 is 18.3 Å². The van der Waals surface area contributed by atoms with Crippen LogP contribution in [0.5, 0.6) is 0 Å². The SMILES string of the molecule is Cc1nc2cc([C@@H]3CCO[C@H](c4cnn(C5CC5)c4)C3)nc(-c3ccc(F)cc3F)c2nc1CF. The number of pyridine rings is 1. The van der Waals surface area contributed by atoms with Gasteiger partial charge in [0.2, 0.25) is 0 Å². The molecule has 0 N–H and O–H groups in total. The van der Waals surface area contributed by atoms with Gasteiger partial charge in [-0.15, -0.1) is 0 Å². The van der Waals surface area contributed by atoms with Gasteiger partial charge in [-0.1, -0.05) is 0 Å². The van der Waals surface area contributed by atoms with Gasteiger partial charge < -0.3 is 4.74 Å². The van der Waals surface area contributed by atoms with Crippen LogP contribution in [0.4, 0.5) is 13.2 Å². The molecule has 1 aliphatic heterocycles. The summed E-state index contributed by atoms with van der Waals surface area (Å²) in [6.45, 7) is 1.45. The number of ether oxygens (including phenoxy) is 1. The summed E-state index contributed by atoms with van der Waals surface area (Å²) in [5, 5.41) is 4.49. The molecule has 3 aromatic heterocycles. The molecule has 0 amide bonds. The van der Waals surface area contributed by atoms with Crippen molar-refractivity contribution in [1.82, 2.24) is 24.7 Å². The van der Waals surface area contributed by atoms with E-state index in [9.17, 15) is 13.2 Å². The summed E-state index contributed by atoms with van der Waals surface area (Å²) >= 11 is 0. The van der Waals surface area contributed by atoms with E-state index in [0.29, 0.717) is 35.8 Å². The van der Waals surface area contributed by atoms with Crippen molar-refractivity contribution in [3.05, 3.63) is 70.9 Å². The Bertz CT molecular complexity index is 1420. The molecule has 1 aromatic carbocycles. The van der Waals surface area contributed by atoms with Gasteiger partial charge in [0.25, 0.3) is 0 Å². The van der Waals surface area contributed by atoms with Crippen molar-refractivity contribution < 1.29 is 17.9 Å². The Morgan fingerprint density at radius 2 is 1.94 bits per heavy atom. The van der Waals surface area contributed by atoms with E-state index in [0.717, 1.165) is 36.6 Å². The van der Waals surface area contributed by atoms with Crippen LogP contribution in [0.15, 0.2) is 36.7 Å². The van der Waals surface area contributed by atoms with Crippen molar-refractivity contribution in [3.8, 4) is 11.3 Å². The zero-order valence-electron chi connectivity index (χ0n) is 19.2. The Kier molecular flexibility index (Phi) is 5.51. The largest absolute Gasteiger partial charge is 0.373 e. The van der Waals surface area contributed by atoms with E-state index in [-0.39, 0.29) is 29.0 Å². The van der Waals surface area contributed by atoms with E-state index in [1.165, 1.54) is 12.1 Å². The van der Waals surface area contributed by atoms with Crippen LogP contribution in [0.3, 0.4) is 0 Å². The predicted molar refractivity (Wildman–Crippen MR) is 123 cm³/mol. The third-order valence-electron chi connectivity index (χ3n) is 6.87. The minimum Gasteiger partial charge on any atom is -0.373 e. The van der Waals surface area contributed by atoms with E-state index in [2.05, 4.69) is 21.3 Å². The summed E-state index contributed by atoms with van der Waals surface area (Å²) in [6.07, 6.45) is 7.55. The molecule has 4 aromatic rings. The zero-order chi connectivity index (χ0) is 24.1. The molecule has 1 saturated carbocycles. The highest BCUT2D eigenvalue weighted by molar-refractivity contribution is 5.89. The third-order valence-corrected chi connectivity index (χ3v) is 6.87. The number of fused-ring (bicyclic) bond motifs is 1. The standard InChI is InChI=1S/C26H24F3N5O/c1-14-23(11-27)33-26-22(31-14)10-21(32-25(26)19-5-2-17(28)9-20(19)29)15-6-7-35-24(8-15)16-12-30-34(13-16)18-3-4-18/h2,5,9-10,12-13,15,18,24H,3-4,6-8,11H2,1H3/t15-,24+/m1/s1. The van der Waals surface area contributed by atoms with Gasteiger partial charge in [-0.2, -0.15) is 5.10 Å². The first-order valence-electron chi connectivity index (χ1n) is 11.9. The topological polar surface area (TPSA) is 65.7 Å². The lowest BCUT2D eigenvalue weighted by atomic mass is 9.89. The first-order chi connectivity index (χ1) is 17.0. The number of aryl methyl sites for hydroxylation is 1. The highest BCUT2D eigenvalue weighted by Crippen LogP contribution is 2.40. The second-order valence-corrected chi connectivity index (χ2v) is 9.34. The zero-order valence-corrected chi connectivity index (χ0v) is 19.2. The van der Waals surface area contributed by atoms with Crippen LogP contribution in [0, 0.1) is 18.6 Å². The second kappa shape index (κ2) is 8.71. The minimum absolute atomic E-state index is 0.0349. The van der Waals surface area contributed by atoms with Crippen LogP contribution < -0.4 is 0 Å². The number of rotatable bonds is 5. The molecule has 0 bridgehead atoms. The lowest BCUT2D eigenvalue weighted by Gasteiger charge is -2.29. The molecular weight excluding hydrogens is 455 g/mol. The Morgan fingerprint density at radius 1 is 1.09 bits per heavy atom. The molecule has 0 unspecified atom stereocenters. The number of alkyl halides is 1. The summed E-state index contributed by atoms with van der Waals surface area (Å²) in [4.78, 5) is 13.8. The molecule has 2 aliphatic rings. The number of halogens is 3. The lowest BCUT2D eigenvalue weighted by Crippen LogP contribution is -2.19. The van der Waals surface area contributed by atoms with Gasteiger partial charge in [-0.05, 0) is 50.8 Å². The highest BCUT2D eigenvalue weighted by atomic mass is 19.1. The number of hydrogen-bond donors (Lipinski definition) is 0. The first kappa shape index (κ1) is 22.2. The van der Waals surface area contributed by atoms with Crippen molar-refractivity contribution in [2.75, 3.05) is 6.61 Å². The maximum atomic E-state index is 14.8. The highest BCUT2D eigenvalue weighted by Gasteiger charge is 2.30. The number of hydrogen-bond acceptors (Lipinski definition) is 5. The normalized spacial score (nSPS) is 20.5. The van der Waals surface area contributed by atoms with Crippen LogP contribution in [-0.2, 0) is 11.4 Å². The fraction of sp³-hybridized carbons (Fsp3) is 0.385. The van der Waals surface area contributed by atoms with E-state index in [4.69, 9.17) is 9.72 Å². The smallest absolute Gasteiger partial charge is 0.135 e. The molecule has 35 heavy (non-hydrogen) atoms. The molecule has 1 aliphatic carbocycles. The molecule has 0 radical (unpaired) electrons. The summed E-state index contributed by atoms with van der Waals surface area (Å²) in [5.41, 5.74) is 3.57. The van der Waals surface area contributed by atoms with Gasteiger partial charge >= 0.3 is 0 Å². The van der Waals surface area contributed by atoms with Crippen molar-refractivity contribution in [1.29, 1.82) is 0 Å². The molecule has 9 heteroatoms. The summed E-state index contributed by atoms with van der Waals surface area (Å²) in [5.74, 6) is -1.40. The van der Waals surface area contributed by atoms with Crippen molar-refractivity contribution in [2.24, 2.45) is 0 Å². The van der Waals surface area contributed by atoms with Gasteiger partial charge in [-0.25, -0.2) is 28.1 Å². The van der Waals surface area contributed by atoms with E-state index >= 15 is 0 Å². The van der Waals surface area contributed by atoms with Crippen LogP contribution in [0.1, 0.15) is 66.4 Å². The fourth-order valence-corrected chi connectivity index (χ4v) is 4.76. The van der Waals surface area contributed by atoms with Crippen molar-refractivity contribution in [3.63, 3.8) is 0 Å². The molecule has 6 nitrogen and oxygen atoms in total. The number of aromatic nitrogens is 5. The Balaban J connectivity index is 1.42. The molecular formula is C26H24F3N5O. The van der Waals surface area contributed by atoms with Gasteiger partial charge in [0.15, 0.2) is 0 Å². The van der Waals surface area contributed by atoms with Crippen LogP contribution >= 0.6 is 0 Å². The maximum Gasteiger partial charge on any atom is 0.135 e. The average Bonchev–Trinajstić information content (AvgIpc) is 3.59. The van der Waals surface area contributed by atoms with Gasteiger partial charge in [0.05, 0.1) is 35.2 Å². The molecule has 4 heterocycles. The first-order valence-corrected chi connectivity index (χ1v) is 11.9. The summed E-state index contributed by atoms with van der Waals surface area (Å²) < 4.78 is 50.1.